The Kier molecular flexibility index (Phi) is 3.47. The van der Waals surface area contributed by atoms with Gasteiger partial charge in [-0.05, 0) is 12.5 Å². The Morgan fingerprint density at radius 1 is 1.38 bits per heavy atom. The maximum atomic E-state index is 5.62. The van der Waals surface area contributed by atoms with Gasteiger partial charge in [0.1, 0.15) is 12.4 Å². The van der Waals surface area contributed by atoms with Crippen molar-refractivity contribution in [2.45, 2.75) is 18.9 Å². The molecule has 16 heavy (non-hydrogen) atoms. The molecule has 0 saturated heterocycles. The molecule has 0 amide bonds. The van der Waals surface area contributed by atoms with E-state index in [-0.39, 0.29) is 12.2 Å². The first-order valence-corrected chi connectivity index (χ1v) is 5.55. The van der Waals surface area contributed by atoms with Gasteiger partial charge in [0.2, 0.25) is 0 Å². The summed E-state index contributed by atoms with van der Waals surface area (Å²) in [6.45, 7) is 1.94. The Morgan fingerprint density at radius 2 is 2.12 bits per heavy atom. The Morgan fingerprint density at radius 3 is 2.75 bits per heavy atom. The molecule has 0 aliphatic carbocycles. The second kappa shape index (κ2) is 5.03. The average Bonchev–Trinajstić information content (AvgIpc) is 2.78. The third-order valence-electron chi connectivity index (χ3n) is 2.21. The molecule has 0 aliphatic rings. The SMILES string of the molecule is CC(Oc1nc(CCl)co1)c1ccccc1. The van der Waals surface area contributed by atoms with Crippen LogP contribution in [0.2, 0.25) is 0 Å². The van der Waals surface area contributed by atoms with Crippen molar-refractivity contribution in [3.63, 3.8) is 0 Å². The lowest BCUT2D eigenvalue weighted by Gasteiger charge is -2.10. The van der Waals surface area contributed by atoms with Crippen LogP contribution in [0.3, 0.4) is 0 Å². The molecule has 1 atom stereocenters. The molecule has 2 aromatic rings. The fourth-order valence-corrected chi connectivity index (χ4v) is 1.47. The molecule has 1 aromatic carbocycles. The van der Waals surface area contributed by atoms with E-state index in [4.69, 9.17) is 20.8 Å². The third-order valence-corrected chi connectivity index (χ3v) is 2.49. The van der Waals surface area contributed by atoms with Crippen LogP contribution >= 0.6 is 11.6 Å². The summed E-state index contributed by atoms with van der Waals surface area (Å²) < 4.78 is 10.7. The van der Waals surface area contributed by atoms with Crippen LogP contribution in [0.1, 0.15) is 24.3 Å². The van der Waals surface area contributed by atoms with Gasteiger partial charge < -0.3 is 9.15 Å². The molecule has 0 spiro atoms. The number of alkyl halides is 1. The zero-order valence-corrected chi connectivity index (χ0v) is 9.65. The maximum absolute atomic E-state index is 5.62. The summed E-state index contributed by atoms with van der Waals surface area (Å²) in [4.78, 5) is 4.07. The molecular formula is C12H12ClNO2. The number of nitrogens with zero attached hydrogens (tertiary/aromatic N) is 1. The van der Waals surface area contributed by atoms with E-state index in [0.717, 1.165) is 5.56 Å². The van der Waals surface area contributed by atoms with Crippen LogP contribution in [0.25, 0.3) is 0 Å². The van der Waals surface area contributed by atoms with Gasteiger partial charge in [-0.1, -0.05) is 30.3 Å². The molecule has 3 nitrogen and oxygen atoms in total. The minimum Gasteiger partial charge on any atom is -0.442 e. The van der Waals surface area contributed by atoms with Crippen LogP contribution in [0, 0.1) is 0 Å². The second-order valence-corrected chi connectivity index (χ2v) is 3.68. The Bertz CT molecular complexity index is 441. The van der Waals surface area contributed by atoms with E-state index >= 15 is 0 Å². The molecule has 0 radical (unpaired) electrons. The lowest BCUT2D eigenvalue weighted by molar-refractivity contribution is 0.163. The average molecular weight is 238 g/mol. The number of rotatable bonds is 4. The first-order valence-electron chi connectivity index (χ1n) is 5.01. The monoisotopic (exact) mass is 237 g/mol. The Labute approximate surface area is 99.0 Å². The summed E-state index contributed by atoms with van der Waals surface area (Å²) in [5.41, 5.74) is 1.75. The van der Waals surface area contributed by atoms with Gasteiger partial charge in [-0.3, -0.25) is 0 Å². The third kappa shape index (κ3) is 2.55. The van der Waals surface area contributed by atoms with Crippen molar-refractivity contribution in [3.05, 3.63) is 47.9 Å². The lowest BCUT2D eigenvalue weighted by Crippen LogP contribution is -2.02. The molecule has 84 valence electrons. The van der Waals surface area contributed by atoms with Crippen molar-refractivity contribution in [2.75, 3.05) is 0 Å². The Balaban J connectivity index is 2.05. The van der Waals surface area contributed by atoms with Crippen molar-refractivity contribution in [1.29, 1.82) is 0 Å². The summed E-state index contributed by atoms with van der Waals surface area (Å²) in [5, 5.41) is 0. The first kappa shape index (κ1) is 11.0. The maximum Gasteiger partial charge on any atom is 0.394 e. The largest absolute Gasteiger partial charge is 0.442 e. The van der Waals surface area contributed by atoms with Gasteiger partial charge in [0, 0.05) is 0 Å². The molecule has 0 fully saturated rings. The van der Waals surface area contributed by atoms with Crippen molar-refractivity contribution in [3.8, 4) is 6.08 Å². The second-order valence-electron chi connectivity index (χ2n) is 3.41. The fraction of sp³-hybridized carbons (Fsp3) is 0.250. The van der Waals surface area contributed by atoms with Crippen LogP contribution < -0.4 is 4.74 Å². The number of benzene rings is 1. The van der Waals surface area contributed by atoms with E-state index in [0.29, 0.717) is 11.6 Å². The van der Waals surface area contributed by atoms with Crippen LogP contribution in [-0.4, -0.2) is 4.98 Å². The fourth-order valence-electron chi connectivity index (χ4n) is 1.35. The van der Waals surface area contributed by atoms with Crippen LogP contribution in [0.4, 0.5) is 0 Å². The summed E-state index contributed by atoms with van der Waals surface area (Å²) >= 11 is 5.62. The van der Waals surface area contributed by atoms with Crippen molar-refractivity contribution in [1.82, 2.24) is 4.98 Å². The zero-order chi connectivity index (χ0) is 11.4. The number of oxazole rings is 1. The zero-order valence-electron chi connectivity index (χ0n) is 8.89. The smallest absolute Gasteiger partial charge is 0.394 e. The normalized spacial score (nSPS) is 12.4. The van der Waals surface area contributed by atoms with Gasteiger partial charge in [0.25, 0.3) is 0 Å². The van der Waals surface area contributed by atoms with E-state index in [1.54, 1.807) is 0 Å². The van der Waals surface area contributed by atoms with Crippen molar-refractivity contribution in [2.24, 2.45) is 0 Å². The number of hydrogen-bond acceptors (Lipinski definition) is 3. The highest BCUT2D eigenvalue weighted by Crippen LogP contribution is 2.21. The molecule has 0 N–H and O–H groups in total. The van der Waals surface area contributed by atoms with Gasteiger partial charge in [0.15, 0.2) is 0 Å². The molecule has 0 aliphatic heterocycles. The molecule has 1 heterocycles. The highest BCUT2D eigenvalue weighted by molar-refractivity contribution is 6.16. The van der Waals surface area contributed by atoms with Gasteiger partial charge in [-0.25, -0.2) is 0 Å². The molecule has 0 bridgehead atoms. The first-order chi connectivity index (χ1) is 7.79. The van der Waals surface area contributed by atoms with Crippen LogP contribution in [-0.2, 0) is 5.88 Å². The number of aromatic nitrogens is 1. The van der Waals surface area contributed by atoms with Crippen LogP contribution in [0.5, 0.6) is 6.08 Å². The van der Waals surface area contributed by atoms with E-state index < -0.39 is 0 Å². The van der Waals surface area contributed by atoms with Gasteiger partial charge in [-0.15, -0.1) is 11.6 Å². The topological polar surface area (TPSA) is 35.3 Å². The minimum absolute atomic E-state index is 0.0944. The van der Waals surface area contributed by atoms with E-state index in [1.165, 1.54) is 6.26 Å². The molecule has 2 rings (SSSR count). The number of halogens is 1. The summed E-state index contributed by atoms with van der Waals surface area (Å²) in [7, 11) is 0. The Hall–Kier alpha value is -1.48. The molecule has 1 aromatic heterocycles. The number of hydrogen-bond donors (Lipinski definition) is 0. The molecule has 4 heteroatoms. The quantitative estimate of drug-likeness (QED) is 0.763. The minimum atomic E-state index is -0.0944. The predicted molar refractivity (Wildman–Crippen MR) is 61.5 cm³/mol. The summed E-state index contributed by atoms with van der Waals surface area (Å²) in [6, 6.07) is 9.89. The molecular weight excluding hydrogens is 226 g/mol. The standard InChI is InChI=1S/C12H12ClNO2/c1-9(10-5-3-2-4-6-10)16-12-14-11(7-13)8-15-12/h2-6,8-9H,7H2,1H3. The summed E-state index contributed by atoms with van der Waals surface area (Å²) in [5.74, 6) is 0.326. The van der Waals surface area contributed by atoms with Gasteiger partial charge in [-0.2, -0.15) is 4.98 Å². The van der Waals surface area contributed by atoms with Gasteiger partial charge >= 0.3 is 6.08 Å². The molecule has 1 unspecified atom stereocenters. The number of ether oxygens (including phenoxy) is 1. The van der Waals surface area contributed by atoms with Crippen molar-refractivity contribution >= 4 is 11.6 Å². The molecule has 0 saturated carbocycles. The van der Waals surface area contributed by atoms with Crippen molar-refractivity contribution < 1.29 is 9.15 Å². The lowest BCUT2D eigenvalue weighted by atomic mass is 10.1. The van der Waals surface area contributed by atoms with E-state index in [2.05, 4.69) is 4.98 Å². The highest BCUT2D eigenvalue weighted by atomic mass is 35.5. The van der Waals surface area contributed by atoms with E-state index in [9.17, 15) is 0 Å². The van der Waals surface area contributed by atoms with Gasteiger partial charge in [0.05, 0.1) is 11.6 Å². The van der Waals surface area contributed by atoms with E-state index in [1.807, 2.05) is 37.3 Å². The highest BCUT2D eigenvalue weighted by Gasteiger charge is 2.10. The van der Waals surface area contributed by atoms with Crippen LogP contribution in [0.15, 0.2) is 41.0 Å². The predicted octanol–water partition coefficient (Wildman–Crippen LogP) is 3.55. The summed E-state index contributed by atoms with van der Waals surface area (Å²) in [6.07, 6.45) is 1.66.